The standard InChI is InChI=1S/C22H26N2O3S/c1-5-15-24(16-19-9-7-17(3)8-10-19)22(25)20-11-13-21(14-12-20)28(26,27)23-18(4)6-2/h1,7-14,18,23H,6,15-16H2,2-4H3/t18-/m1/s1. The van der Waals surface area contributed by atoms with Gasteiger partial charge in [-0.05, 0) is 50.1 Å². The molecule has 0 aromatic heterocycles. The van der Waals surface area contributed by atoms with Gasteiger partial charge in [-0.15, -0.1) is 6.42 Å². The first-order valence-electron chi connectivity index (χ1n) is 9.17. The molecule has 2 rings (SSSR count). The Morgan fingerprint density at radius 1 is 1.14 bits per heavy atom. The fourth-order valence-electron chi connectivity index (χ4n) is 2.60. The van der Waals surface area contributed by atoms with E-state index in [-0.39, 0.29) is 23.4 Å². The predicted octanol–water partition coefficient (Wildman–Crippen LogP) is 3.35. The molecule has 0 saturated carbocycles. The molecule has 0 fully saturated rings. The maximum Gasteiger partial charge on any atom is 0.254 e. The molecule has 28 heavy (non-hydrogen) atoms. The van der Waals surface area contributed by atoms with E-state index in [2.05, 4.69) is 10.6 Å². The first-order valence-corrected chi connectivity index (χ1v) is 10.7. The molecule has 148 valence electrons. The number of benzene rings is 2. The van der Waals surface area contributed by atoms with Gasteiger partial charge in [-0.3, -0.25) is 4.79 Å². The Hall–Kier alpha value is -2.62. The van der Waals surface area contributed by atoms with Crippen LogP contribution in [0.25, 0.3) is 0 Å². The summed E-state index contributed by atoms with van der Waals surface area (Å²) in [5.41, 5.74) is 2.51. The highest BCUT2D eigenvalue weighted by atomic mass is 32.2. The van der Waals surface area contributed by atoms with Crippen LogP contribution in [-0.4, -0.2) is 31.8 Å². The molecular weight excluding hydrogens is 372 g/mol. The molecule has 0 saturated heterocycles. The highest BCUT2D eigenvalue weighted by Crippen LogP contribution is 2.15. The number of terminal acetylenes is 1. The molecule has 0 aliphatic heterocycles. The van der Waals surface area contributed by atoms with Gasteiger partial charge in [0, 0.05) is 18.2 Å². The molecule has 0 heterocycles. The van der Waals surface area contributed by atoms with Crippen molar-refractivity contribution in [3.8, 4) is 12.3 Å². The number of sulfonamides is 1. The Labute approximate surface area is 167 Å². The van der Waals surface area contributed by atoms with E-state index in [1.165, 1.54) is 24.3 Å². The third kappa shape index (κ3) is 5.69. The summed E-state index contributed by atoms with van der Waals surface area (Å²) in [5, 5.41) is 0. The minimum absolute atomic E-state index is 0.131. The van der Waals surface area contributed by atoms with Crippen LogP contribution in [0.5, 0.6) is 0 Å². The van der Waals surface area contributed by atoms with Crippen LogP contribution in [0.1, 0.15) is 41.8 Å². The number of hydrogen-bond donors (Lipinski definition) is 1. The van der Waals surface area contributed by atoms with Gasteiger partial charge in [-0.2, -0.15) is 0 Å². The van der Waals surface area contributed by atoms with Crippen molar-refractivity contribution < 1.29 is 13.2 Å². The van der Waals surface area contributed by atoms with Crippen molar-refractivity contribution in [1.29, 1.82) is 0 Å². The second-order valence-electron chi connectivity index (χ2n) is 6.81. The van der Waals surface area contributed by atoms with Crippen LogP contribution >= 0.6 is 0 Å². The smallest absolute Gasteiger partial charge is 0.254 e. The summed E-state index contributed by atoms with van der Waals surface area (Å²) in [6, 6.07) is 13.7. The number of hydrogen-bond acceptors (Lipinski definition) is 3. The minimum atomic E-state index is -3.60. The average Bonchev–Trinajstić information content (AvgIpc) is 2.68. The maximum absolute atomic E-state index is 12.9. The van der Waals surface area contributed by atoms with Gasteiger partial charge >= 0.3 is 0 Å². The predicted molar refractivity (Wildman–Crippen MR) is 111 cm³/mol. The molecule has 1 amide bonds. The lowest BCUT2D eigenvalue weighted by molar-refractivity contribution is 0.0765. The number of nitrogens with zero attached hydrogens (tertiary/aromatic N) is 1. The molecule has 1 atom stereocenters. The summed E-state index contributed by atoms with van der Waals surface area (Å²) >= 11 is 0. The summed E-state index contributed by atoms with van der Waals surface area (Å²) in [6.07, 6.45) is 6.12. The Morgan fingerprint density at radius 2 is 1.75 bits per heavy atom. The number of carbonyl (C=O) groups is 1. The van der Waals surface area contributed by atoms with Gasteiger partial charge < -0.3 is 4.90 Å². The molecule has 5 nitrogen and oxygen atoms in total. The zero-order valence-corrected chi connectivity index (χ0v) is 17.3. The second kappa shape index (κ2) is 9.54. The molecule has 0 spiro atoms. The van der Waals surface area contributed by atoms with Crippen molar-refractivity contribution in [2.24, 2.45) is 0 Å². The van der Waals surface area contributed by atoms with Crippen LogP contribution < -0.4 is 4.72 Å². The topological polar surface area (TPSA) is 66.5 Å². The van der Waals surface area contributed by atoms with E-state index in [1.807, 2.05) is 38.1 Å². The molecule has 2 aromatic rings. The minimum Gasteiger partial charge on any atom is -0.323 e. The lowest BCUT2D eigenvalue weighted by atomic mass is 10.1. The van der Waals surface area contributed by atoms with Crippen molar-refractivity contribution >= 4 is 15.9 Å². The van der Waals surface area contributed by atoms with Crippen molar-refractivity contribution in [1.82, 2.24) is 9.62 Å². The van der Waals surface area contributed by atoms with Crippen molar-refractivity contribution in [2.45, 2.75) is 44.7 Å². The van der Waals surface area contributed by atoms with Crippen molar-refractivity contribution in [3.63, 3.8) is 0 Å². The highest BCUT2D eigenvalue weighted by Gasteiger charge is 2.19. The molecule has 0 aliphatic carbocycles. The normalized spacial score (nSPS) is 12.2. The molecule has 0 bridgehead atoms. The van der Waals surface area contributed by atoms with Gasteiger partial charge in [0.2, 0.25) is 10.0 Å². The maximum atomic E-state index is 12.9. The van der Waals surface area contributed by atoms with Crippen LogP contribution in [-0.2, 0) is 16.6 Å². The van der Waals surface area contributed by atoms with E-state index in [0.29, 0.717) is 18.5 Å². The van der Waals surface area contributed by atoms with Crippen LogP contribution in [0.2, 0.25) is 0 Å². The van der Waals surface area contributed by atoms with E-state index in [4.69, 9.17) is 6.42 Å². The lowest BCUT2D eigenvalue weighted by Gasteiger charge is -2.21. The summed E-state index contributed by atoms with van der Waals surface area (Å²) in [7, 11) is -3.60. The van der Waals surface area contributed by atoms with Crippen LogP contribution in [0.4, 0.5) is 0 Å². The Bertz CT molecular complexity index is 943. The molecular formula is C22H26N2O3S. The zero-order chi connectivity index (χ0) is 20.7. The van der Waals surface area contributed by atoms with Crippen LogP contribution in [0, 0.1) is 19.3 Å². The number of nitrogens with one attached hydrogen (secondary N) is 1. The quantitative estimate of drug-likeness (QED) is 0.694. The number of aryl methyl sites for hydroxylation is 1. The van der Waals surface area contributed by atoms with Gasteiger partial charge in [0.05, 0.1) is 11.4 Å². The Morgan fingerprint density at radius 3 is 2.29 bits per heavy atom. The molecule has 6 heteroatoms. The monoisotopic (exact) mass is 398 g/mol. The Kier molecular flexibility index (Phi) is 7.38. The number of amides is 1. The van der Waals surface area contributed by atoms with E-state index >= 15 is 0 Å². The summed E-state index contributed by atoms with van der Waals surface area (Å²) < 4.78 is 27.3. The summed E-state index contributed by atoms with van der Waals surface area (Å²) in [5.74, 6) is 2.27. The summed E-state index contributed by atoms with van der Waals surface area (Å²) in [4.78, 5) is 14.5. The third-order valence-corrected chi connectivity index (χ3v) is 6.05. The number of carbonyl (C=O) groups excluding carboxylic acids is 1. The van der Waals surface area contributed by atoms with Gasteiger partial charge in [-0.1, -0.05) is 42.7 Å². The van der Waals surface area contributed by atoms with Gasteiger partial charge in [0.25, 0.3) is 5.91 Å². The van der Waals surface area contributed by atoms with Gasteiger partial charge in [-0.25, -0.2) is 13.1 Å². The second-order valence-corrected chi connectivity index (χ2v) is 8.52. The van der Waals surface area contributed by atoms with E-state index in [0.717, 1.165) is 11.1 Å². The first kappa shape index (κ1) is 21.7. The largest absolute Gasteiger partial charge is 0.323 e. The van der Waals surface area contributed by atoms with Crippen LogP contribution in [0.3, 0.4) is 0 Å². The fraction of sp³-hybridized carbons (Fsp3) is 0.318. The highest BCUT2D eigenvalue weighted by molar-refractivity contribution is 7.89. The summed E-state index contributed by atoms with van der Waals surface area (Å²) in [6.45, 7) is 6.27. The zero-order valence-electron chi connectivity index (χ0n) is 16.5. The first-order chi connectivity index (χ1) is 13.3. The van der Waals surface area contributed by atoms with E-state index in [1.54, 1.807) is 11.8 Å². The number of rotatable bonds is 8. The van der Waals surface area contributed by atoms with Gasteiger partial charge in [0.1, 0.15) is 0 Å². The van der Waals surface area contributed by atoms with Crippen molar-refractivity contribution in [3.05, 3.63) is 65.2 Å². The molecule has 2 aromatic carbocycles. The molecule has 1 N–H and O–H groups in total. The Balaban J connectivity index is 2.19. The molecule has 0 radical (unpaired) electrons. The average molecular weight is 399 g/mol. The molecule has 0 aliphatic rings. The van der Waals surface area contributed by atoms with Crippen molar-refractivity contribution in [2.75, 3.05) is 6.54 Å². The SMILES string of the molecule is C#CCN(Cc1ccc(C)cc1)C(=O)c1ccc(S(=O)(=O)N[C@H](C)CC)cc1. The fourth-order valence-corrected chi connectivity index (χ4v) is 3.93. The van der Waals surface area contributed by atoms with Gasteiger partial charge in [0.15, 0.2) is 0 Å². The lowest BCUT2D eigenvalue weighted by Crippen LogP contribution is -2.32. The molecule has 0 unspecified atom stereocenters. The van der Waals surface area contributed by atoms with E-state index < -0.39 is 10.0 Å². The third-order valence-electron chi connectivity index (χ3n) is 4.44. The van der Waals surface area contributed by atoms with Crippen LogP contribution in [0.15, 0.2) is 53.4 Å². The van der Waals surface area contributed by atoms with E-state index in [9.17, 15) is 13.2 Å².